The van der Waals surface area contributed by atoms with Crippen molar-refractivity contribution in [3.63, 3.8) is 0 Å². The van der Waals surface area contributed by atoms with Crippen LogP contribution in [-0.2, 0) is 0 Å². The maximum atomic E-state index is 12.6. The molecule has 1 saturated carbocycles. The number of nitrogens with two attached hydrogens (primary N) is 1. The first-order valence-electron chi connectivity index (χ1n) is 6.92. The van der Waals surface area contributed by atoms with Crippen molar-refractivity contribution in [2.45, 2.75) is 51.1 Å². The maximum absolute atomic E-state index is 12.6. The third-order valence-electron chi connectivity index (χ3n) is 3.72. The summed E-state index contributed by atoms with van der Waals surface area (Å²) >= 11 is 3.90. The molecule has 1 amide bonds. The fraction of sp³-hybridized carbons (Fsp3) is 0.643. The van der Waals surface area contributed by atoms with Gasteiger partial charge in [0.1, 0.15) is 0 Å². The Labute approximate surface area is 132 Å². The third kappa shape index (κ3) is 3.92. The molecule has 19 heavy (non-hydrogen) atoms. The summed E-state index contributed by atoms with van der Waals surface area (Å²) < 4.78 is 1.17. The minimum absolute atomic E-state index is 0.196. The van der Waals surface area contributed by atoms with Gasteiger partial charge in [0.25, 0.3) is 5.91 Å². The van der Waals surface area contributed by atoms with E-state index in [0.717, 1.165) is 44.2 Å². The minimum atomic E-state index is 0.196. The number of hydrogen-bond donors (Lipinski definition) is 1. The van der Waals surface area contributed by atoms with Crippen molar-refractivity contribution < 1.29 is 4.79 Å². The lowest BCUT2D eigenvalue weighted by molar-refractivity contribution is 0.0627. The van der Waals surface area contributed by atoms with E-state index in [1.807, 2.05) is 11.4 Å². The number of thiophene rings is 1. The quantitative estimate of drug-likeness (QED) is 0.798. The van der Waals surface area contributed by atoms with Crippen LogP contribution < -0.4 is 5.73 Å². The van der Waals surface area contributed by atoms with Crippen LogP contribution in [0, 0.1) is 2.88 Å². The normalized spacial score (nSPS) is 23.3. The van der Waals surface area contributed by atoms with Crippen LogP contribution in [0.5, 0.6) is 0 Å². The molecule has 1 heterocycles. The van der Waals surface area contributed by atoms with Gasteiger partial charge < -0.3 is 10.6 Å². The zero-order chi connectivity index (χ0) is 13.8. The van der Waals surface area contributed by atoms with Crippen molar-refractivity contribution in [2.24, 2.45) is 5.73 Å². The van der Waals surface area contributed by atoms with Crippen molar-refractivity contribution in [3.05, 3.63) is 19.9 Å². The molecule has 1 aliphatic rings. The van der Waals surface area contributed by atoms with E-state index in [1.54, 1.807) is 11.3 Å². The zero-order valence-electron chi connectivity index (χ0n) is 11.3. The molecule has 0 unspecified atom stereocenters. The topological polar surface area (TPSA) is 46.3 Å². The Bertz CT molecular complexity index is 427. The second-order valence-corrected chi connectivity index (χ2v) is 8.01. The van der Waals surface area contributed by atoms with Crippen LogP contribution in [0.4, 0.5) is 0 Å². The molecule has 1 fully saturated rings. The molecule has 0 radical (unpaired) electrons. The standard InChI is InChI=1S/C14H21IN2OS/c1-2-7-17(12-5-3-11(16)4-6-12)14(18)10-8-13(15)19-9-10/h8-9,11-12H,2-7,16H2,1H3. The van der Waals surface area contributed by atoms with Crippen LogP contribution in [0.25, 0.3) is 0 Å². The summed E-state index contributed by atoms with van der Waals surface area (Å²) in [5, 5.41) is 1.97. The van der Waals surface area contributed by atoms with Crippen LogP contribution >= 0.6 is 33.9 Å². The van der Waals surface area contributed by atoms with Crippen molar-refractivity contribution >= 4 is 39.8 Å². The van der Waals surface area contributed by atoms with Gasteiger partial charge in [-0.05, 0) is 60.8 Å². The lowest BCUT2D eigenvalue weighted by atomic mass is 9.90. The molecule has 106 valence electrons. The van der Waals surface area contributed by atoms with E-state index in [4.69, 9.17) is 5.73 Å². The number of amides is 1. The number of rotatable bonds is 4. The van der Waals surface area contributed by atoms with Gasteiger partial charge in [0.2, 0.25) is 0 Å². The molecule has 0 saturated heterocycles. The van der Waals surface area contributed by atoms with Gasteiger partial charge in [0, 0.05) is 24.0 Å². The molecule has 1 aromatic rings. The van der Waals surface area contributed by atoms with Crippen LogP contribution in [-0.4, -0.2) is 29.4 Å². The number of hydrogen-bond acceptors (Lipinski definition) is 3. The highest BCUT2D eigenvalue weighted by molar-refractivity contribution is 14.1. The Morgan fingerprint density at radius 3 is 2.68 bits per heavy atom. The van der Waals surface area contributed by atoms with Crippen molar-refractivity contribution in [1.29, 1.82) is 0 Å². The summed E-state index contributed by atoms with van der Waals surface area (Å²) in [7, 11) is 0. The first-order valence-corrected chi connectivity index (χ1v) is 8.88. The second kappa shape index (κ2) is 7.04. The van der Waals surface area contributed by atoms with Crippen molar-refractivity contribution in [3.8, 4) is 0 Å². The molecule has 3 nitrogen and oxygen atoms in total. The Morgan fingerprint density at radius 1 is 1.47 bits per heavy atom. The summed E-state index contributed by atoms with van der Waals surface area (Å²) in [6.45, 7) is 2.98. The highest BCUT2D eigenvalue weighted by Crippen LogP contribution is 2.25. The molecule has 1 aromatic heterocycles. The summed E-state index contributed by atoms with van der Waals surface area (Å²) in [4.78, 5) is 14.7. The second-order valence-electron chi connectivity index (χ2n) is 5.21. The first kappa shape index (κ1) is 15.3. The molecular weight excluding hydrogens is 371 g/mol. The molecule has 2 N–H and O–H groups in total. The van der Waals surface area contributed by atoms with Crippen molar-refractivity contribution in [1.82, 2.24) is 4.90 Å². The zero-order valence-corrected chi connectivity index (χ0v) is 14.2. The SMILES string of the molecule is CCCN(C(=O)c1csc(I)c1)C1CCC(N)CC1. The first-order chi connectivity index (χ1) is 9.11. The lowest BCUT2D eigenvalue weighted by Gasteiger charge is -2.36. The Hall–Kier alpha value is -0.140. The van der Waals surface area contributed by atoms with Gasteiger partial charge in [-0.25, -0.2) is 0 Å². The van der Waals surface area contributed by atoms with Gasteiger partial charge in [-0.3, -0.25) is 4.79 Å². The average molecular weight is 392 g/mol. The van der Waals surface area contributed by atoms with Crippen molar-refractivity contribution in [2.75, 3.05) is 6.54 Å². The van der Waals surface area contributed by atoms with E-state index >= 15 is 0 Å². The highest BCUT2D eigenvalue weighted by atomic mass is 127. The molecule has 1 aliphatic carbocycles. The summed E-state index contributed by atoms with van der Waals surface area (Å²) in [5.74, 6) is 0.196. The van der Waals surface area contributed by atoms with E-state index in [0.29, 0.717) is 12.1 Å². The predicted molar refractivity (Wildman–Crippen MR) is 88.6 cm³/mol. The molecule has 0 aliphatic heterocycles. The smallest absolute Gasteiger partial charge is 0.254 e. The molecule has 0 atom stereocenters. The van der Waals surface area contributed by atoms with Crippen LogP contribution in [0.2, 0.25) is 0 Å². The van der Waals surface area contributed by atoms with Gasteiger partial charge >= 0.3 is 0 Å². The molecule has 0 bridgehead atoms. The molecule has 2 rings (SSSR count). The number of carbonyl (C=O) groups excluding carboxylic acids is 1. The van der Waals surface area contributed by atoms with Crippen LogP contribution in [0.3, 0.4) is 0 Å². The fourth-order valence-electron chi connectivity index (χ4n) is 2.69. The largest absolute Gasteiger partial charge is 0.336 e. The summed E-state index contributed by atoms with van der Waals surface area (Å²) in [6.07, 6.45) is 5.19. The Balaban J connectivity index is 2.08. The van der Waals surface area contributed by atoms with Crippen LogP contribution in [0.1, 0.15) is 49.4 Å². The molecular formula is C14H21IN2OS. The lowest BCUT2D eigenvalue weighted by Crippen LogP contribution is -2.44. The Morgan fingerprint density at radius 2 is 2.16 bits per heavy atom. The van der Waals surface area contributed by atoms with E-state index in [-0.39, 0.29) is 5.91 Å². The van der Waals surface area contributed by atoms with Gasteiger partial charge in [-0.2, -0.15) is 0 Å². The van der Waals surface area contributed by atoms with E-state index < -0.39 is 0 Å². The summed E-state index contributed by atoms with van der Waals surface area (Å²) in [5.41, 5.74) is 6.80. The van der Waals surface area contributed by atoms with Gasteiger partial charge in [0.15, 0.2) is 0 Å². The average Bonchev–Trinajstić information content (AvgIpc) is 2.83. The van der Waals surface area contributed by atoms with Gasteiger partial charge in [-0.15, -0.1) is 11.3 Å². The number of nitrogens with zero attached hydrogens (tertiary/aromatic N) is 1. The maximum Gasteiger partial charge on any atom is 0.254 e. The summed E-state index contributed by atoms with van der Waals surface area (Å²) in [6, 6.07) is 2.70. The van der Waals surface area contributed by atoms with Gasteiger partial charge in [-0.1, -0.05) is 6.92 Å². The Kier molecular flexibility index (Phi) is 5.65. The monoisotopic (exact) mass is 392 g/mol. The van der Waals surface area contributed by atoms with E-state index in [1.165, 1.54) is 2.88 Å². The van der Waals surface area contributed by atoms with E-state index in [9.17, 15) is 4.79 Å². The predicted octanol–water partition coefficient (Wildman–Crippen LogP) is 3.47. The number of halogens is 1. The molecule has 0 aromatic carbocycles. The third-order valence-corrected chi connectivity index (χ3v) is 5.51. The highest BCUT2D eigenvalue weighted by Gasteiger charge is 2.28. The minimum Gasteiger partial charge on any atom is -0.336 e. The van der Waals surface area contributed by atoms with Crippen LogP contribution in [0.15, 0.2) is 11.4 Å². The van der Waals surface area contributed by atoms with E-state index in [2.05, 4.69) is 34.4 Å². The molecule has 0 spiro atoms. The van der Waals surface area contributed by atoms with Gasteiger partial charge in [0.05, 0.1) is 8.45 Å². The fourth-order valence-corrected chi connectivity index (χ4v) is 4.01. The molecule has 5 heteroatoms. The number of carbonyl (C=O) groups is 1.